The molecule has 0 unspecified atom stereocenters. The predicted molar refractivity (Wildman–Crippen MR) is 74.4 cm³/mol. The molecule has 0 amide bonds. The van der Waals surface area contributed by atoms with Crippen LogP contribution in [0.3, 0.4) is 0 Å². The number of allylic oxidation sites excluding steroid dienone is 3. The molecule has 0 spiro atoms. The van der Waals surface area contributed by atoms with Crippen molar-refractivity contribution in [2.24, 2.45) is 0 Å². The molecular formula is C15H24O3. The van der Waals surface area contributed by atoms with E-state index in [4.69, 9.17) is 5.11 Å². The number of aliphatic carboxylic acids is 1. The van der Waals surface area contributed by atoms with Crippen LogP contribution in [0, 0.1) is 0 Å². The number of carboxylic acids is 1. The van der Waals surface area contributed by atoms with E-state index in [-0.39, 0.29) is 0 Å². The quantitative estimate of drug-likeness (QED) is 0.514. The first kappa shape index (κ1) is 16.6. The molecule has 0 aliphatic heterocycles. The largest absolute Gasteiger partial charge is 0.478 e. The molecule has 0 aromatic rings. The third-order valence-electron chi connectivity index (χ3n) is 2.65. The minimum absolute atomic E-state index is 0.531. The second-order valence-electron chi connectivity index (χ2n) is 4.86. The Kier molecular flexibility index (Phi) is 8.05. The highest BCUT2D eigenvalue weighted by atomic mass is 16.4. The highest BCUT2D eigenvalue weighted by Gasteiger charge is 2.07. The van der Waals surface area contributed by atoms with E-state index in [2.05, 4.69) is 12.7 Å². The van der Waals surface area contributed by atoms with Gasteiger partial charge in [-0.1, -0.05) is 29.4 Å². The average molecular weight is 252 g/mol. The van der Waals surface area contributed by atoms with Crippen molar-refractivity contribution in [3.05, 3.63) is 35.5 Å². The summed E-state index contributed by atoms with van der Waals surface area (Å²) < 4.78 is 0. The Morgan fingerprint density at radius 1 is 1.28 bits per heavy atom. The Morgan fingerprint density at radius 3 is 2.33 bits per heavy atom. The topological polar surface area (TPSA) is 57.5 Å². The number of rotatable bonds is 8. The highest BCUT2D eigenvalue weighted by molar-refractivity contribution is 5.80. The van der Waals surface area contributed by atoms with Crippen LogP contribution in [-0.2, 0) is 4.79 Å². The van der Waals surface area contributed by atoms with Crippen LogP contribution in [0.2, 0.25) is 0 Å². The Labute approximate surface area is 110 Å². The summed E-state index contributed by atoms with van der Waals surface area (Å²) in [5.74, 6) is -0.924. The highest BCUT2D eigenvalue weighted by Crippen LogP contribution is 2.17. The second kappa shape index (κ2) is 8.70. The van der Waals surface area contributed by atoms with Crippen LogP contribution in [0.4, 0.5) is 0 Å². The SMILES string of the molecule is C=C(C)[C@H](O)CC/C(=C\C(=O)O)CCC=C(C)C. The maximum Gasteiger partial charge on any atom is 0.328 e. The van der Waals surface area contributed by atoms with Gasteiger partial charge in [0.1, 0.15) is 0 Å². The summed E-state index contributed by atoms with van der Waals surface area (Å²) in [7, 11) is 0. The van der Waals surface area contributed by atoms with Gasteiger partial charge < -0.3 is 10.2 Å². The Morgan fingerprint density at radius 2 is 1.89 bits per heavy atom. The third-order valence-corrected chi connectivity index (χ3v) is 2.65. The molecule has 18 heavy (non-hydrogen) atoms. The van der Waals surface area contributed by atoms with Gasteiger partial charge >= 0.3 is 5.97 Å². The number of aliphatic hydroxyl groups excluding tert-OH is 1. The van der Waals surface area contributed by atoms with Crippen molar-refractivity contribution in [2.75, 3.05) is 0 Å². The first-order chi connectivity index (χ1) is 8.32. The molecule has 1 atom stereocenters. The van der Waals surface area contributed by atoms with E-state index in [1.807, 2.05) is 13.8 Å². The van der Waals surface area contributed by atoms with Gasteiger partial charge in [-0.25, -0.2) is 4.79 Å². The zero-order valence-corrected chi connectivity index (χ0v) is 11.6. The minimum atomic E-state index is -0.924. The smallest absolute Gasteiger partial charge is 0.328 e. The number of hydrogen-bond acceptors (Lipinski definition) is 2. The van der Waals surface area contributed by atoms with Crippen LogP contribution in [-0.4, -0.2) is 22.3 Å². The molecule has 0 heterocycles. The lowest BCUT2D eigenvalue weighted by molar-refractivity contribution is -0.131. The van der Waals surface area contributed by atoms with Crippen LogP contribution in [0.1, 0.15) is 46.5 Å². The lowest BCUT2D eigenvalue weighted by atomic mass is 9.99. The first-order valence-electron chi connectivity index (χ1n) is 6.22. The lowest BCUT2D eigenvalue weighted by Gasteiger charge is -2.11. The van der Waals surface area contributed by atoms with E-state index in [1.54, 1.807) is 6.92 Å². The van der Waals surface area contributed by atoms with E-state index in [1.165, 1.54) is 11.6 Å². The van der Waals surface area contributed by atoms with Crippen molar-refractivity contribution >= 4 is 5.97 Å². The van der Waals surface area contributed by atoms with Crippen molar-refractivity contribution in [1.82, 2.24) is 0 Å². The molecule has 3 nitrogen and oxygen atoms in total. The molecule has 0 aliphatic carbocycles. The summed E-state index contributed by atoms with van der Waals surface area (Å²) in [5, 5.41) is 18.4. The normalized spacial score (nSPS) is 13.0. The molecule has 0 bridgehead atoms. The van der Waals surface area contributed by atoms with Crippen LogP contribution in [0.25, 0.3) is 0 Å². The van der Waals surface area contributed by atoms with Gasteiger partial charge in [-0.15, -0.1) is 0 Å². The van der Waals surface area contributed by atoms with Crippen molar-refractivity contribution < 1.29 is 15.0 Å². The fourth-order valence-electron chi connectivity index (χ4n) is 1.56. The van der Waals surface area contributed by atoms with Crippen LogP contribution in [0.15, 0.2) is 35.5 Å². The summed E-state index contributed by atoms with van der Waals surface area (Å²) in [6.45, 7) is 9.49. The van der Waals surface area contributed by atoms with Gasteiger partial charge in [0.25, 0.3) is 0 Å². The van der Waals surface area contributed by atoms with Crippen LogP contribution < -0.4 is 0 Å². The summed E-state index contributed by atoms with van der Waals surface area (Å²) in [5.41, 5.74) is 2.81. The summed E-state index contributed by atoms with van der Waals surface area (Å²) >= 11 is 0. The van der Waals surface area contributed by atoms with Gasteiger partial charge in [0.15, 0.2) is 0 Å². The third kappa shape index (κ3) is 8.76. The molecule has 102 valence electrons. The fraction of sp³-hybridized carbons (Fsp3) is 0.533. The fourth-order valence-corrected chi connectivity index (χ4v) is 1.56. The van der Waals surface area contributed by atoms with Crippen molar-refractivity contribution in [3.63, 3.8) is 0 Å². The Balaban J connectivity index is 4.38. The monoisotopic (exact) mass is 252 g/mol. The molecule has 0 aliphatic rings. The summed E-state index contributed by atoms with van der Waals surface area (Å²) in [6, 6.07) is 0. The molecule has 0 saturated carbocycles. The molecular weight excluding hydrogens is 228 g/mol. The van der Waals surface area contributed by atoms with Crippen molar-refractivity contribution in [3.8, 4) is 0 Å². The molecule has 2 N–H and O–H groups in total. The number of carboxylic acid groups (broad SMARTS) is 1. The van der Waals surface area contributed by atoms with Gasteiger partial charge in [0, 0.05) is 6.08 Å². The summed E-state index contributed by atoms with van der Waals surface area (Å²) in [4.78, 5) is 10.7. The van der Waals surface area contributed by atoms with Gasteiger partial charge in [-0.3, -0.25) is 0 Å². The molecule has 0 rings (SSSR count). The number of hydrogen-bond donors (Lipinski definition) is 2. The van der Waals surface area contributed by atoms with Crippen LogP contribution in [0.5, 0.6) is 0 Å². The first-order valence-corrected chi connectivity index (χ1v) is 6.22. The Hall–Kier alpha value is -1.35. The molecule has 0 fully saturated rings. The molecule has 0 aromatic heterocycles. The predicted octanol–water partition coefficient (Wildman–Crippen LogP) is 3.46. The number of aliphatic hydroxyl groups is 1. The van der Waals surface area contributed by atoms with E-state index in [9.17, 15) is 9.90 Å². The Bertz CT molecular complexity index is 347. The van der Waals surface area contributed by atoms with Gasteiger partial charge in [-0.05, 0) is 46.5 Å². The van der Waals surface area contributed by atoms with Crippen molar-refractivity contribution in [1.29, 1.82) is 0 Å². The van der Waals surface area contributed by atoms with Crippen molar-refractivity contribution in [2.45, 2.75) is 52.6 Å². The van der Waals surface area contributed by atoms with E-state index >= 15 is 0 Å². The van der Waals surface area contributed by atoms with Gasteiger partial charge in [0.2, 0.25) is 0 Å². The summed E-state index contributed by atoms with van der Waals surface area (Å²) in [6.07, 6.45) is 5.48. The zero-order chi connectivity index (χ0) is 14.1. The van der Waals surface area contributed by atoms with Gasteiger partial charge in [0.05, 0.1) is 6.10 Å². The molecule has 0 radical (unpaired) electrons. The van der Waals surface area contributed by atoms with Gasteiger partial charge in [-0.2, -0.15) is 0 Å². The zero-order valence-electron chi connectivity index (χ0n) is 11.6. The molecule has 0 saturated heterocycles. The van der Waals surface area contributed by atoms with E-state index < -0.39 is 12.1 Å². The maximum atomic E-state index is 10.7. The minimum Gasteiger partial charge on any atom is -0.478 e. The average Bonchev–Trinajstić information content (AvgIpc) is 2.23. The molecule has 0 aromatic carbocycles. The maximum absolute atomic E-state index is 10.7. The van der Waals surface area contributed by atoms with E-state index in [0.717, 1.165) is 18.4 Å². The van der Waals surface area contributed by atoms with E-state index in [0.29, 0.717) is 18.4 Å². The van der Waals surface area contributed by atoms with Crippen LogP contribution >= 0.6 is 0 Å². The second-order valence-corrected chi connectivity index (χ2v) is 4.86. The standard InChI is InChI=1S/C15H24O3/c1-11(2)6-5-7-13(10-15(17)18)8-9-14(16)12(3)4/h6,10,14,16H,3,5,7-9H2,1-2,4H3,(H,17,18)/b13-10-/t14-/m1/s1. The lowest BCUT2D eigenvalue weighted by Crippen LogP contribution is -2.07. The molecule has 3 heteroatoms. The number of carbonyl (C=O) groups is 1.